The maximum Gasteiger partial charge on any atom is 0.193 e. The van der Waals surface area contributed by atoms with Crippen molar-refractivity contribution in [2.45, 2.75) is 13.0 Å². The summed E-state index contributed by atoms with van der Waals surface area (Å²) in [5, 5.41) is 3.06. The van der Waals surface area contributed by atoms with Crippen molar-refractivity contribution in [3.8, 4) is 11.5 Å². The molecule has 0 aliphatic carbocycles. The number of anilines is 1. The van der Waals surface area contributed by atoms with Crippen LogP contribution >= 0.6 is 0 Å². The summed E-state index contributed by atoms with van der Waals surface area (Å²) in [5.74, 6) is 1.94. The smallest absolute Gasteiger partial charge is 0.193 e. The number of rotatable bonds is 9. The first kappa shape index (κ1) is 19.6. The molecule has 0 saturated heterocycles. The molecule has 2 aromatic rings. The Bertz CT molecular complexity index is 699. The highest BCUT2D eigenvalue weighted by Gasteiger charge is 2.02. The number of nitrogens with two attached hydrogens (primary N) is 1. The maximum absolute atomic E-state index is 5.97. The van der Waals surface area contributed by atoms with Crippen LogP contribution in [0.5, 0.6) is 11.5 Å². The second kappa shape index (κ2) is 10.3. The number of guanidine groups is 1. The monoisotopic (exact) mass is 356 g/mol. The van der Waals surface area contributed by atoms with Crippen molar-refractivity contribution in [3.63, 3.8) is 0 Å². The quantitative estimate of drug-likeness (QED) is 0.411. The van der Waals surface area contributed by atoms with E-state index in [2.05, 4.69) is 29.3 Å². The minimum absolute atomic E-state index is 0.346. The van der Waals surface area contributed by atoms with Crippen molar-refractivity contribution < 1.29 is 9.47 Å². The van der Waals surface area contributed by atoms with Crippen molar-refractivity contribution in [2.24, 2.45) is 10.7 Å². The molecular weight excluding hydrogens is 328 g/mol. The molecule has 0 fully saturated rings. The topological polar surface area (TPSA) is 72.1 Å². The first-order valence-corrected chi connectivity index (χ1v) is 8.65. The van der Waals surface area contributed by atoms with E-state index in [0.717, 1.165) is 35.7 Å². The number of nitrogens with one attached hydrogen (secondary N) is 1. The van der Waals surface area contributed by atoms with E-state index in [1.807, 2.05) is 48.5 Å². The lowest BCUT2D eigenvalue weighted by atomic mass is 10.2. The predicted octanol–water partition coefficient (Wildman–Crippen LogP) is 2.95. The van der Waals surface area contributed by atoms with Gasteiger partial charge >= 0.3 is 0 Å². The summed E-state index contributed by atoms with van der Waals surface area (Å²) in [6.07, 6.45) is 1.00. The summed E-state index contributed by atoms with van der Waals surface area (Å²) in [6, 6.07) is 15.5. The van der Waals surface area contributed by atoms with Gasteiger partial charge in [-0.2, -0.15) is 0 Å². The molecule has 3 N–H and O–H groups in total. The van der Waals surface area contributed by atoms with Crippen LogP contribution in [0.4, 0.5) is 5.69 Å². The van der Waals surface area contributed by atoms with Crippen LogP contribution in [0.15, 0.2) is 53.5 Å². The van der Waals surface area contributed by atoms with Crippen LogP contribution < -0.4 is 20.5 Å². The van der Waals surface area contributed by atoms with E-state index in [1.54, 1.807) is 7.11 Å². The van der Waals surface area contributed by atoms with Crippen molar-refractivity contribution in [1.29, 1.82) is 0 Å². The molecule has 0 unspecified atom stereocenters. The summed E-state index contributed by atoms with van der Waals surface area (Å²) in [4.78, 5) is 6.52. The molecule has 0 aliphatic heterocycles. The van der Waals surface area contributed by atoms with Gasteiger partial charge in [0.05, 0.1) is 25.9 Å². The highest BCUT2D eigenvalue weighted by Crippen LogP contribution is 2.22. The average Bonchev–Trinajstić information content (AvgIpc) is 2.65. The molecule has 2 rings (SSSR count). The lowest BCUT2D eigenvalue weighted by Gasteiger charge is -2.11. The Balaban J connectivity index is 1.83. The second-order valence-corrected chi connectivity index (χ2v) is 6.18. The van der Waals surface area contributed by atoms with Crippen molar-refractivity contribution in [1.82, 2.24) is 4.90 Å². The number of methoxy groups -OCH3 is 1. The van der Waals surface area contributed by atoms with Gasteiger partial charge in [0.25, 0.3) is 0 Å². The predicted molar refractivity (Wildman–Crippen MR) is 107 cm³/mol. The van der Waals surface area contributed by atoms with Gasteiger partial charge in [-0.25, -0.2) is 4.99 Å². The third-order valence-corrected chi connectivity index (χ3v) is 3.74. The molecule has 0 amide bonds. The molecule has 0 aliphatic rings. The van der Waals surface area contributed by atoms with E-state index in [1.165, 1.54) is 0 Å². The number of hydrogen-bond acceptors (Lipinski definition) is 4. The second-order valence-electron chi connectivity index (χ2n) is 6.18. The van der Waals surface area contributed by atoms with Crippen LogP contribution in [0.2, 0.25) is 0 Å². The zero-order valence-corrected chi connectivity index (χ0v) is 15.7. The summed E-state index contributed by atoms with van der Waals surface area (Å²) < 4.78 is 11.0. The fourth-order valence-electron chi connectivity index (χ4n) is 2.36. The molecule has 0 spiro atoms. The summed E-state index contributed by atoms with van der Waals surface area (Å²) in [6.45, 7) is 2.23. The molecule has 6 nitrogen and oxygen atoms in total. The van der Waals surface area contributed by atoms with E-state index in [-0.39, 0.29) is 0 Å². The minimum Gasteiger partial charge on any atom is -0.495 e. The first-order valence-electron chi connectivity index (χ1n) is 8.65. The standard InChI is InChI=1S/C20H28N4O2/c1-24(2)13-6-14-26-17-11-9-16(10-12-17)15-22-20(21)23-18-7-4-5-8-19(18)25-3/h4-5,7-12H,6,13-15H2,1-3H3,(H3,21,22,23). The van der Waals surface area contributed by atoms with E-state index in [0.29, 0.717) is 19.1 Å². The molecule has 0 aromatic heterocycles. The maximum atomic E-state index is 5.97. The molecule has 0 radical (unpaired) electrons. The molecule has 6 heteroatoms. The molecular formula is C20H28N4O2. The molecule has 26 heavy (non-hydrogen) atoms. The van der Waals surface area contributed by atoms with Crippen LogP contribution in [0.25, 0.3) is 0 Å². The number of aliphatic imine (C=N–C) groups is 1. The van der Waals surface area contributed by atoms with Crippen molar-refractivity contribution >= 4 is 11.6 Å². The van der Waals surface area contributed by atoms with Gasteiger partial charge in [-0.3, -0.25) is 0 Å². The minimum atomic E-state index is 0.346. The molecule has 0 saturated carbocycles. The Kier molecular flexibility index (Phi) is 7.76. The molecule has 140 valence electrons. The van der Waals surface area contributed by atoms with Crippen LogP contribution in [-0.2, 0) is 6.54 Å². The molecule has 0 bridgehead atoms. The fraction of sp³-hybridized carbons (Fsp3) is 0.350. The summed E-state index contributed by atoms with van der Waals surface area (Å²) in [5.41, 5.74) is 7.82. The third kappa shape index (κ3) is 6.64. The lowest BCUT2D eigenvalue weighted by molar-refractivity contribution is 0.281. The first-order chi connectivity index (χ1) is 12.6. The van der Waals surface area contributed by atoms with Gasteiger partial charge in [0, 0.05) is 6.54 Å². The number of para-hydroxylation sites is 2. The third-order valence-electron chi connectivity index (χ3n) is 3.74. The van der Waals surface area contributed by atoms with Gasteiger partial charge in [0.15, 0.2) is 5.96 Å². The van der Waals surface area contributed by atoms with Crippen LogP contribution in [-0.4, -0.2) is 45.2 Å². The Morgan fingerprint density at radius 2 is 1.85 bits per heavy atom. The van der Waals surface area contributed by atoms with Gasteiger partial charge in [-0.15, -0.1) is 0 Å². The van der Waals surface area contributed by atoms with Gasteiger partial charge in [-0.1, -0.05) is 24.3 Å². The van der Waals surface area contributed by atoms with Crippen LogP contribution in [0, 0.1) is 0 Å². The van der Waals surface area contributed by atoms with Gasteiger partial charge in [0.2, 0.25) is 0 Å². The number of nitrogens with zero attached hydrogens (tertiary/aromatic N) is 2. The normalized spacial score (nSPS) is 11.5. The zero-order valence-electron chi connectivity index (χ0n) is 15.7. The van der Waals surface area contributed by atoms with Gasteiger partial charge in [0.1, 0.15) is 11.5 Å². The van der Waals surface area contributed by atoms with E-state index < -0.39 is 0 Å². The number of hydrogen-bond donors (Lipinski definition) is 2. The molecule has 2 aromatic carbocycles. The highest BCUT2D eigenvalue weighted by molar-refractivity contribution is 5.93. The molecule has 0 heterocycles. The Hall–Kier alpha value is -2.73. The number of ether oxygens (including phenoxy) is 2. The zero-order chi connectivity index (χ0) is 18.8. The molecule has 0 atom stereocenters. The average molecular weight is 356 g/mol. The van der Waals surface area contributed by atoms with Crippen molar-refractivity contribution in [3.05, 3.63) is 54.1 Å². The Morgan fingerprint density at radius 1 is 1.12 bits per heavy atom. The fourth-order valence-corrected chi connectivity index (χ4v) is 2.36. The highest BCUT2D eigenvalue weighted by atomic mass is 16.5. The largest absolute Gasteiger partial charge is 0.495 e. The summed E-state index contributed by atoms with van der Waals surface area (Å²) >= 11 is 0. The van der Waals surface area contributed by atoms with E-state index in [4.69, 9.17) is 15.2 Å². The van der Waals surface area contributed by atoms with Crippen LogP contribution in [0.1, 0.15) is 12.0 Å². The lowest BCUT2D eigenvalue weighted by Crippen LogP contribution is -2.22. The SMILES string of the molecule is COc1ccccc1NC(N)=NCc1ccc(OCCCN(C)C)cc1. The van der Waals surface area contributed by atoms with E-state index >= 15 is 0 Å². The Morgan fingerprint density at radius 3 is 2.54 bits per heavy atom. The Labute approximate surface area is 155 Å². The van der Waals surface area contributed by atoms with Crippen LogP contribution in [0.3, 0.4) is 0 Å². The number of benzene rings is 2. The van der Waals surface area contributed by atoms with Gasteiger partial charge < -0.3 is 25.4 Å². The van der Waals surface area contributed by atoms with Crippen molar-refractivity contribution in [2.75, 3.05) is 39.7 Å². The summed E-state index contributed by atoms with van der Waals surface area (Å²) in [7, 11) is 5.74. The van der Waals surface area contributed by atoms with E-state index in [9.17, 15) is 0 Å². The van der Waals surface area contributed by atoms with Gasteiger partial charge in [-0.05, 0) is 50.3 Å².